The van der Waals surface area contributed by atoms with Crippen LogP contribution in [0.1, 0.15) is 25.0 Å². The highest BCUT2D eigenvalue weighted by Crippen LogP contribution is 2.21. The van der Waals surface area contributed by atoms with Crippen molar-refractivity contribution >= 4 is 5.95 Å². The Bertz CT molecular complexity index is 329. The van der Waals surface area contributed by atoms with Gasteiger partial charge in [0.15, 0.2) is 0 Å². The maximum absolute atomic E-state index is 9.29. The summed E-state index contributed by atoms with van der Waals surface area (Å²) in [6.45, 7) is 3.11. The van der Waals surface area contributed by atoms with E-state index in [1.165, 1.54) is 6.42 Å². The molecule has 1 aliphatic heterocycles. The second-order valence-corrected chi connectivity index (χ2v) is 4.02. The molecule has 0 saturated carbocycles. The number of hydrogen-bond donors (Lipinski definition) is 1. The van der Waals surface area contributed by atoms with Crippen LogP contribution in [0.25, 0.3) is 0 Å². The molecule has 2 rings (SSSR count). The molecule has 0 unspecified atom stereocenters. The largest absolute Gasteiger partial charge is 0.394 e. The quantitative estimate of drug-likeness (QED) is 0.790. The van der Waals surface area contributed by atoms with E-state index in [0.29, 0.717) is 0 Å². The SMILES string of the molecule is Cc1ccnc(N2CCCC[C@H]2CO)n1. The molecule has 1 aromatic heterocycles. The number of rotatable bonds is 2. The number of hydrogen-bond acceptors (Lipinski definition) is 4. The number of aromatic nitrogens is 2. The van der Waals surface area contributed by atoms with E-state index in [4.69, 9.17) is 0 Å². The highest BCUT2D eigenvalue weighted by molar-refractivity contribution is 5.32. The van der Waals surface area contributed by atoms with Gasteiger partial charge in [-0.05, 0) is 32.3 Å². The second-order valence-electron chi connectivity index (χ2n) is 4.02. The van der Waals surface area contributed by atoms with Crippen LogP contribution in [-0.4, -0.2) is 34.3 Å². The predicted molar refractivity (Wildman–Crippen MR) is 58.8 cm³/mol. The van der Waals surface area contributed by atoms with Gasteiger partial charge in [0.2, 0.25) is 5.95 Å². The minimum absolute atomic E-state index is 0.192. The highest BCUT2D eigenvalue weighted by Gasteiger charge is 2.23. The first-order chi connectivity index (χ1) is 7.31. The van der Waals surface area contributed by atoms with Crippen molar-refractivity contribution in [3.63, 3.8) is 0 Å². The van der Waals surface area contributed by atoms with Crippen molar-refractivity contribution in [3.8, 4) is 0 Å². The average Bonchev–Trinajstić information content (AvgIpc) is 2.29. The van der Waals surface area contributed by atoms with E-state index in [2.05, 4.69) is 14.9 Å². The van der Waals surface area contributed by atoms with Crippen molar-refractivity contribution in [1.29, 1.82) is 0 Å². The molecule has 0 bridgehead atoms. The minimum Gasteiger partial charge on any atom is -0.394 e. The molecule has 2 heterocycles. The molecule has 15 heavy (non-hydrogen) atoms. The van der Waals surface area contributed by atoms with Crippen LogP contribution in [0.5, 0.6) is 0 Å². The summed E-state index contributed by atoms with van der Waals surface area (Å²) in [5, 5.41) is 9.29. The van der Waals surface area contributed by atoms with Gasteiger partial charge in [0.05, 0.1) is 12.6 Å². The lowest BCUT2D eigenvalue weighted by atomic mass is 10.0. The third-order valence-corrected chi connectivity index (χ3v) is 2.88. The van der Waals surface area contributed by atoms with Crippen LogP contribution < -0.4 is 4.90 Å². The summed E-state index contributed by atoms with van der Waals surface area (Å²) >= 11 is 0. The van der Waals surface area contributed by atoms with Crippen molar-refractivity contribution in [2.24, 2.45) is 0 Å². The topological polar surface area (TPSA) is 49.2 Å². The molecule has 0 radical (unpaired) electrons. The Labute approximate surface area is 90.0 Å². The van der Waals surface area contributed by atoms with Crippen molar-refractivity contribution in [2.75, 3.05) is 18.1 Å². The van der Waals surface area contributed by atoms with Gasteiger partial charge in [-0.3, -0.25) is 0 Å². The third-order valence-electron chi connectivity index (χ3n) is 2.88. The van der Waals surface area contributed by atoms with Crippen LogP contribution in [0.3, 0.4) is 0 Å². The molecule has 4 heteroatoms. The summed E-state index contributed by atoms with van der Waals surface area (Å²) in [6, 6.07) is 2.09. The molecule has 1 saturated heterocycles. The molecule has 1 fully saturated rings. The average molecular weight is 207 g/mol. The van der Waals surface area contributed by atoms with Crippen LogP contribution in [0, 0.1) is 6.92 Å². The maximum Gasteiger partial charge on any atom is 0.225 e. The Hall–Kier alpha value is -1.16. The molecule has 82 valence electrons. The van der Waals surface area contributed by atoms with Gasteiger partial charge >= 0.3 is 0 Å². The van der Waals surface area contributed by atoms with Gasteiger partial charge < -0.3 is 10.0 Å². The van der Waals surface area contributed by atoms with Crippen LogP contribution >= 0.6 is 0 Å². The van der Waals surface area contributed by atoms with Gasteiger partial charge in [0.1, 0.15) is 0 Å². The molecule has 0 amide bonds. The van der Waals surface area contributed by atoms with Crippen LogP contribution in [0.15, 0.2) is 12.3 Å². The molecule has 0 aliphatic carbocycles. The number of aliphatic hydroxyl groups is 1. The van der Waals surface area contributed by atoms with E-state index in [-0.39, 0.29) is 12.6 Å². The highest BCUT2D eigenvalue weighted by atomic mass is 16.3. The van der Waals surface area contributed by atoms with E-state index in [1.807, 2.05) is 13.0 Å². The number of anilines is 1. The van der Waals surface area contributed by atoms with Gasteiger partial charge in [-0.15, -0.1) is 0 Å². The zero-order valence-corrected chi connectivity index (χ0v) is 9.06. The molecule has 0 spiro atoms. The zero-order valence-electron chi connectivity index (χ0n) is 9.06. The maximum atomic E-state index is 9.29. The summed E-state index contributed by atoms with van der Waals surface area (Å²) in [5.41, 5.74) is 0.974. The third kappa shape index (κ3) is 2.26. The molecule has 1 atom stereocenters. The van der Waals surface area contributed by atoms with Crippen molar-refractivity contribution in [1.82, 2.24) is 9.97 Å². The summed E-state index contributed by atoms with van der Waals surface area (Å²) in [7, 11) is 0. The van der Waals surface area contributed by atoms with Gasteiger partial charge in [0, 0.05) is 18.4 Å². The lowest BCUT2D eigenvalue weighted by Gasteiger charge is -2.34. The van der Waals surface area contributed by atoms with Gasteiger partial charge in [0.25, 0.3) is 0 Å². The first-order valence-electron chi connectivity index (χ1n) is 5.48. The van der Waals surface area contributed by atoms with Crippen molar-refractivity contribution in [3.05, 3.63) is 18.0 Å². The first-order valence-corrected chi connectivity index (χ1v) is 5.48. The number of piperidine rings is 1. The van der Waals surface area contributed by atoms with Crippen LogP contribution in [0.4, 0.5) is 5.95 Å². The standard InChI is InChI=1S/C11H17N3O/c1-9-5-6-12-11(13-9)14-7-3-2-4-10(14)8-15/h5-6,10,15H,2-4,7-8H2,1H3/t10-/m0/s1. The first kappa shape index (κ1) is 10.4. The Morgan fingerprint density at radius 1 is 1.53 bits per heavy atom. The van der Waals surface area contributed by atoms with E-state index in [9.17, 15) is 5.11 Å². The van der Waals surface area contributed by atoms with Gasteiger partial charge in [-0.25, -0.2) is 9.97 Å². The van der Waals surface area contributed by atoms with Gasteiger partial charge in [-0.1, -0.05) is 0 Å². The number of aryl methyl sites for hydroxylation is 1. The smallest absolute Gasteiger partial charge is 0.225 e. The summed E-state index contributed by atoms with van der Waals surface area (Å²) in [5.74, 6) is 0.758. The van der Waals surface area contributed by atoms with E-state index < -0.39 is 0 Å². The van der Waals surface area contributed by atoms with Crippen LogP contribution in [0.2, 0.25) is 0 Å². The Kier molecular flexibility index (Phi) is 3.16. The molecule has 0 aromatic carbocycles. The number of nitrogens with zero attached hydrogens (tertiary/aromatic N) is 3. The molecular weight excluding hydrogens is 190 g/mol. The Morgan fingerprint density at radius 2 is 2.40 bits per heavy atom. The van der Waals surface area contributed by atoms with E-state index in [1.54, 1.807) is 6.20 Å². The molecule has 1 aromatic rings. The monoisotopic (exact) mass is 207 g/mol. The van der Waals surface area contributed by atoms with Crippen LogP contribution in [-0.2, 0) is 0 Å². The fourth-order valence-electron chi connectivity index (χ4n) is 2.03. The summed E-state index contributed by atoms with van der Waals surface area (Å²) in [4.78, 5) is 10.8. The lowest BCUT2D eigenvalue weighted by Crippen LogP contribution is -2.42. The van der Waals surface area contributed by atoms with Crippen molar-refractivity contribution < 1.29 is 5.11 Å². The summed E-state index contributed by atoms with van der Waals surface area (Å²) < 4.78 is 0. The Balaban J connectivity index is 2.20. The predicted octanol–water partition coefficient (Wildman–Crippen LogP) is 1.14. The summed E-state index contributed by atoms with van der Waals surface area (Å²) in [6.07, 6.45) is 5.16. The number of aliphatic hydroxyl groups excluding tert-OH is 1. The fraction of sp³-hybridized carbons (Fsp3) is 0.636. The molecule has 1 N–H and O–H groups in total. The molecule has 1 aliphatic rings. The van der Waals surface area contributed by atoms with E-state index >= 15 is 0 Å². The lowest BCUT2D eigenvalue weighted by molar-refractivity contribution is 0.238. The Morgan fingerprint density at radius 3 is 3.13 bits per heavy atom. The minimum atomic E-state index is 0.192. The second kappa shape index (κ2) is 4.57. The van der Waals surface area contributed by atoms with Gasteiger partial charge in [-0.2, -0.15) is 0 Å². The molecule has 4 nitrogen and oxygen atoms in total. The normalized spacial score (nSPS) is 21.7. The fourth-order valence-corrected chi connectivity index (χ4v) is 2.03. The van der Waals surface area contributed by atoms with E-state index in [0.717, 1.165) is 31.0 Å². The molecular formula is C11H17N3O. The zero-order chi connectivity index (χ0) is 10.7. The van der Waals surface area contributed by atoms with Crippen molar-refractivity contribution in [2.45, 2.75) is 32.2 Å².